The molecule has 0 aliphatic rings. The lowest BCUT2D eigenvalue weighted by atomic mass is 10.8. The van der Waals surface area contributed by atoms with E-state index in [9.17, 15) is 4.91 Å². The third kappa shape index (κ3) is 0.840. The van der Waals surface area contributed by atoms with Crippen LogP contribution in [0.3, 0.4) is 0 Å². The molecule has 4 nitrogen and oxygen atoms in total. The van der Waals surface area contributed by atoms with Crippen molar-refractivity contribution in [2.75, 3.05) is 0 Å². The minimum absolute atomic E-state index is 0.0972. The Morgan fingerprint density at radius 1 is 1.88 bits per heavy atom. The number of aromatic nitrogens is 2. The lowest BCUT2D eigenvalue weighted by Crippen LogP contribution is -1.64. The Morgan fingerprint density at radius 2 is 2.62 bits per heavy atom. The SMILES string of the molecule is O=Nc1cn(Cl)cn1. The van der Waals surface area contributed by atoms with Crippen LogP contribution in [-0.4, -0.2) is 9.07 Å². The molecule has 5 heteroatoms. The maximum Gasteiger partial charge on any atom is 0.215 e. The quantitative estimate of drug-likeness (QED) is 0.539. The molecule has 0 unspecified atom stereocenters. The molecule has 0 fully saturated rings. The molecule has 8 heavy (non-hydrogen) atoms. The fourth-order valence-corrected chi connectivity index (χ4v) is 0.469. The van der Waals surface area contributed by atoms with Gasteiger partial charge in [-0.3, -0.25) is 0 Å². The summed E-state index contributed by atoms with van der Waals surface area (Å²) in [6, 6.07) is 0. The number of halogens is 1. The van der Waals surface area contributed by atoms with Crippen LogP contribution >= 0.6 is 11.8 Å². The predicted molar refractivity (Wildman–Crippen MR) is 28.9 cm³/mol. The Hall–Kier alpha value is -0.900. The molecule has 0 N–H and O–H groups in total. The first-order valence-corrected chi connectivity index (χ1v) is 2.20. The van der Waals surface area contributed by atoms with Gasteiger partial charge in [-0.1, -0.05) is 0 Å². The first-order valence-electron chi connectivity index (χ1n) is 1.86. The third-order valence-electron chi connectivity index (χ3n) is 0.633. The van der Waals surface area contributed by atoms with Crippen molar-refractivity contribution in [1.29, 1.82) is 0 Å². The van der Waals surface area contributed by atoms with Crippen molar-refractivity contribution in [1.82, 2.24) is 9.07 Å². The van der Waals surface area contributed by atoms with Gasteiger partial charge in [0, 0.05) is 11.8 Å². The van der Waals surface area contributed by atoms with Crippen LogP contribution < -0.4 is 0 Å². The Labute approximate surface area is 50.2 Å². The van der Waals surface area contributed by atoms with E-state index < -0.39 is 0 Å². The molecule has 0 amide bonds. The third-order valence-corrected chi connectivity index (χ3v) is 0.818. The fraction of sp³-hybridized carbons (Fsp3) is 0. The molecule has 0 spiro atoms. The van der Waals surface area contributed by atoms with Crippen LogP contribution in [0.1, 0.15) is 0 Å². The molecule has 1 aromatic rings. The maximum absolute atomic E-state index is 9.64. The summed E-state index contributed by atoms with van der Waals surface area (Å²) < 4.78 is 1.14. The zero-order chi connectivity index (χ0) is 5.98. The molecule has 0 bridgehead atoms. The summed E-state index contributed by atoms with van der Waals surface area (Å²) in [5.41, 5.74) is 0. The molecule has 0 atom stereocenters. The van der Waals surface area contributed by atoms with Crippen molar-refractivity contribution in [3.8, 4) is 0 Å². The van der Waals surface area contributed by atoms with Crippen molar-refractivity contribution in [2.24, 2.45) is 5.18 Å². The van der Waals surface area contributed by atoms with E-state index in [1.54, 1.807) is 0 Å². The molecular weight excluding hydrogens is 130 g/mol. The normalized spacial score (nSPS) is 9.12. The van der Waals surface area contributed by atoms with Gasteiger partial charge in [-0.25, -0.2) is 9.07 Å². The van der Waals surface area contributed by atoms with Crippen LogP contribution in [0.5, 0.6) is 0 Å². The smallest absolute Gasteiger partial charge is 0.215 e. The highest BCUT2D eigenvalue weighted by Gasteiger charge is 1.91. The standard InChI is InChI=1S/C3H2ClN3O/c4-7-1-3(6-8)5-2-7/h1-2H. The van der Waals surface area contributed by atoms with Crippen LogP contribution in [0.25, 0.3) is 0 Å². The summed E-state index contributed by atoms with van der Waals surface area (Å²) in [5.74, 6) is 0.0972. The lowest BCUT2D eigenvalue weighted by Gasteiger charge is -1.72. The zero-order valence-electron chi connectivity index (χ0n) is 3.78. The van der Waals surface area contributed by atoms with E-state index in [2.05, 4.69) is 10.2 Å². The van der Waals surface area contributed by atoms with Crippen LogP contribution in [0.15, 0.2) is 17.7 Å². The minimum atomic E-state index is 0.0972. The fourth-order valence-electron chi connectivity index (χ4n) is 0.338. The Morgan fingerprint density at radius 3 is 2.88 bits per heavy atom. The molecule has 1 aromatic heterocycles. The largest absolute Gasteiger partial charge is 0.246 e. The van der Waals surface area contributed by atoms with Gasteiger partial charge >= 0.3 is 0 Å². The van der Waals surface area contributed by atoms with E-state index >= 15 is 0 Å². The highest BCUT2D eigenvalue weighted by Crippen LogP contribution is 2.05. The van der Waals surface area contributed by atoms with Gasteiger partial charge in [0.2, 0.25) is 5.82 Å². The highest BCUT2D eigenvalue weighted by molar-refractivity contribution is 6.15. The molecule has 0 aromatic carbocycles. The summed E-state index contributed by atoms with van der Waals surface area (Å²) in [6.07, 6.45) is 2.60. The number of hydrogen-bond donors (Lipinski definition) is 0. The first-order chi connectivity index (χ1) is 3.83. The topological polar surface area (TPSA) is 47.2 Å². The summed E-state index contributed by atoms with van der Waals surface area (Å²) in [6.45, 7) is 0. The van der Waals surface area contributed by atoms with Gasteiger partial charge in [0.05, 0.1) is 6.20 Å². The van der Waals surface area contributed by atoms with E-state index in [-0.39, 0.29) is 5.82 Å². The summed E-state index contributed by atoms with van der Waals surface area (Å²) >= 11 is 5.29. The minimum Gasteiger partial charge on any atom is -0.246 e. The van der Waals surface area contributed by atoms with Gasteiger partial charge in [0.15, 0.2) is 0 Å². The Kier molecular flexibility index (Phi) is 1.26. The second kappa shape index (κ2) is 1.92. The van der Waals surface area contributed by atoms with Crippen molar-refractivity contribution < 1.29 is 0 Å². The van der Waals surface area contributed by atoms with Gasteiger partial charge in [0.1, 0.15) is 6.33 Å². The van der Waals surface area contributed by atoms with Gasteiger partial charge < -0.3 is 0 Å². The van der Waals surface area contributed by atoms with Gasteiger partial charge in [-0.15, -0.1) is 4.91 Å². The van der Waals surface area contributed by atoms with E-state index in [0.717, 1.165) is 4.09 Å². The zero-order valence-corrected chi connectivity index (χ0v) is 4.54. The van der Waals surface area contributed by atoms with Crippen molar-refractivity contribution in [3.63, 3.8) is 0 Å². The number of nitroso groups, excluding NO2 is 1. The molecule has 42 valence electrons. The summed E-state index contributed by atoms with van der Waals surface area (Å²) in [5, 5.41) is 2.52. The number of rotatable bonds is 1. The average molecular weight is 132 g/mol. The predicted octanol–water partition coefficient (Wildman–Crippen LogP) is 1.28. The van der Waals surface area contributed by atoms with Crippen LogP contribution in [0, 0.1) is 4.91 Å². The molecule has 0 aliphatic carbocycles. The van der Waals surface area contributed by atoms with Gasteiger partial charge in [0.25, 0.3) is 0 Å². The lowest BCUT2D eigenvalue weighted by molar-refractivity contribution is 1.21. The van der Waals surface area contributed by atoms with E-state index in [1.165, 1.54) is 12.5 Å². The Balaban J connectivity index is 3.00. The van der Waals surface area contributed by atoms with Gasteiger partial charge in [-0.05, 0) is 5.18 Å². The van der Waals surface area contributed by atoms with Crippen molar-refractivity contribution in [2.45, 2.75) is 0 Å². The molecule has 0 saturated carbocycles. The summed E-state index contributed by atoms with van der Waals surface area (Å²) in [4.78, 5) is 13.1. The van der Waals surface area contributed by atoms with Crippen molar-refractivity contribution in [3.05, 3.63) is 17.4 Å². The molecule has 0 radical (unpaired) electrons. The monoisotopic (exact) mass is 131 g/mol. The van der Waals surface area contributed by atoms with Gasteiger partial charge in [-0.2, -0.15) is 0 Å². The van der Waals surface area contributed by atoms with Crippen LogP contribution in [-0.2, 0) is 0 Å². The number of nitrogens with zero attached hydrogens (tertiary/aromatic N) is 3. The molecular formula is C3H2ClN3O. The van der Waals surface area contributed by atoms with Crippen molar-refractivity contribution >= 4 is 17.6 Å². The number of imidazole rings is 1. The van der Waals surface area contributed by atoms with E-state index in [4.69, 9.17) is 11.8 Å². The molecule has 1 rings (SSSR count). The molecule has 0 aliphatic heterocycles. The second-order valence-electron chi connectivity index (χ2n) is 1.17. The second-order valence-corrected chi connectivity index (χ2v) is 1.56. The van der Waals surface area contributed by atoms with E-state index in [0.29, 0.717) is 0 Å². The first kappa shape index (κ1) is 5.24. The number of hydrogen-bond acceptors (Lipinski definition) is 3. The average Bonchev–Trinajstić information content (AvgIpc) is 2.14. The molecule has 0 saturated heterocycles. The summed E-state index contributed by atoms with van der Waals surface area (Å²) in [7, 11) is 0. The molecule has 1 heterocycles. The van der Waals surface area contributed by atoms with Crippen LogP contribution in [0.4, 0.5) is 5.82 Å². The Bertz CT molecular complexity index is 196. The highest BCUT2D eigenvalue weighted by atomic mass is 35.5. The maximum atomic E-state index is 9.64. The van der Waals surface area contributed by atoms with E-state index in [1.807, 2.05) is 0 Å². The van der Waals surface area contributed by atoms with Crippen LogP contribution in [0.2, 0.25) is 0 Å².